The molecule has 1 saturated carbocycles. The van der Waals surface area contributed by atoms with E-state index in [1.54, 1.807) is 6.92 Å². The third-order valence-electron chi connectivity index (χ3n) is 6.08. The highest BCUT2D eigenvalue weighted by Crippen LogP contribution is 2.40. The molecule has 0 spiro atoms. The minimum Gasteiger partial charge on any atom is -0.493 e. The van der Waals surface area contributed by atoms with E-state index in [0.29, 0.717) is 43.0 Å². The lowest BCUT2D eigenvalue weighted by molar-refractivity contribution is -0.136. The van der Waals surface area contributed by atoms with Crippen molar-refractivity contribution >= 4 is 11.4 Å². The molecule has 172 valence electrons. The Morgan fingerprint density at radius 2 is 1.94 bits per heavy atom. The first kappa shape index (κ1) is 21.2. The first-order valence-corrected chi connectivity index (χ1v) is 10.4. The molecule has 0 bridgehead atoms. The van der Waals surface area contributed by atoms with Crippen LogP contribution in [-0.4, -0.2) is 30.4 Å². The number of rotatable bonds is 4. The Hall–Kier alpha value is -3.63. The molecule has 1 fully saturated rings. The van der Waals surface area contributed by atoms with Gasteiger partial charge < -0.3 is 14.0 Å². The highest BCUT2D eigenvalue weighted by molar-refractivity contribution is 5.99. The molecule has 5 rings (SSSR count). The number of pyridine rings is 1. The predicted molar refractivity (Wildman–Crippen MR) is 108 cm³/mol. The number of aromatic nitrogens is 4. The van der Waals surface area contributed by atoms with E-state index in [-0.39, 0.29) is 17.2 Å². The zero-order chi connectivity index (χ0) is 23.3. The number of furan rings is 1. The Kier molecular flexibility index (Phi) is 4.98. The summed E-state index contributed by atoms with van der Waals surface area (Å²) in [5, 5.41) is 14.5. The largest absolute Gasteiger partial charge is 0.493 e. The summed E-state index contributed by atoms with van der Waals surface area (Å²) in [6, 6.07) is 2.43. The van der Waals surface area contributed by atoms with Crippen LogP contribution >= 0.6 is 0 Å². The van der Waals surface area contributed by atoms with Gasteiger partial charge >= 0.3 is 6.18 Å². The Labute approximate surface area is 185 Å². The average Bonchev–Trinajstić information content (AvgIpc) is 3.53. The molecular formula is C22H19F3N4O4. The molecule has 1 N–H and O–H groups in total. The van der Waals surface area contributed by atoms with Crippen molar-refractivity contribution in [3.05, 3.63) is 53.8 Å². The van der Waals surface area contributed by atoms with Gasteiger partial charge in [-0.15, -0.1) is 0 Å². The van der Waals surface area contributed by atoms with Crippen molar-refractivity contribution in [3.63, 3.8) is 0 Å². The van der Waals surface area contributed by atoms with Gasteiger partial charge in [-0.2, -0.15) is 18.2 Å². The zero-order valence-electron chi connectivity index (χ0n) is 17.5. The lowest BCUT2D eigenvalue weighted by atomic mass is 9.79. The number of hydrogen-bond acceptors (Lipinski definition) is 7. The maximum atomic E-state index is 13.8. The number of alkyl halides is 3. The van der Waals surface area contributed by atoms with E-state index in [1.165, 1.54) is 24.8 Å². The third kappa shape index (κ3) is 3.77. The first-order valence-electron chi connectivity index (χ1n) is 10.4. The van der Waals surface area contributed by atoms with Crippen molar-refractivity contribution in [2.75, 3.05) is 0 Å². The second-order valence-corrected chi connectivity index (χ2v) is 8.22. The summed E-state index contributed by atoms with van der Waals surface area (Å²) < 4.78 is 52.4. The quantitative estimate of drug-likeness (QED) is 0.419. The van der Waals surface area contributed by atoms with Crippen molar-refractivity contribution in [1.29, 1.82) is 0 Å². The summed E-state index contributed by atoms with van der Waals surface area (Å²) in [6.45, 7) is 1.72. The highest BCUT2D eigenvalue weighted by atomic mass is 19.4. The van der Waals surface area contributed by atoms with Crippen LogP contribution < -0.4 is 0 Å². The SMILES string of the molecule is Cc1noc(C2CCC(C(=O)c3nc4c(C(F)(F)F)cc(-c5ccoc5)cn4c3O)CC2)n1. The number of imidazole rings is 1. The molecule has 0 aromatic carbocycles. The molecule has 0 aliphatic heterocycles. The normalized spacial score (nSPS) is 19.3. The van der Waals surface area contributed by atoms with Gasteiger partial charge in [0.15, 0.2) is 22.9 Å². The number of aromatic hydroxyl groups is 1. The number of hydrogen-bond donors (Lipinski definition) is 1. The van der Waals surface area contributed by atoms with Crippen LogP contribution in [0.5, 0.6) is 5.88 Å². The van der Waals surface area contributed by atoms with Crippen LogP contribution in [0.15, 0.2) is 39.8 Å². The maximum Gasteiger partial charge on any atom is 0.420 e. The van der Waals surface area contributed by atoms with Crippen LogP contribution in [0.3, 0.4) is 0 Å². The van der Waals surface area contributed by atoms with Gasteiger partial charge in [-0.3, -0.25) is 9.20 Å². The predicted octanol–water partition coefficient (Wildman–Crippen LogP) is 5.17. The fraction of sp³-hybridized carbons (Fsp3) is 0.364. The fourth-order valence-electron chi connectivity index (χ4n) is 4.37. The number of nitrogens with zero attached hydrogens (tertiary/aromatic N) is 4. The molecule has 8 nitrogen and oxygen atoms in total. The van der Waals surface area contributed by atoms with Gasteiger partial charge in [-0.25, -0.2) is 4.98 Å². The van der Waals surface area contributed by atoms with Crippen molar-refractivity contribution in [3.8, 4) is 17.0 Å². The molecule has 4 aromatic heterocycles. The van der Waals surface area contributed by atoms with Gasteiger partial charge in [0.2, 0.25) is 11.8 Å². The smallest absolute Gasteiger partial charge is 0.420 e. The van der Waals surface area contributed by atoms with E-state index in [0.717, 1.165) is 10.5 Å². The number of halogens is 3. The fourth-order valence-corrected chi connectivity index (χ4v) is 4.37. The number of carbonyl (C=O) groups is 1. The van der Waals surface area contributed by atoms with Crippen molar-refractivity contribution in [1.82, 2.24) is 19.5 Å². The Bertz CT molecular complexity index is 1320. The Morgan fingerprint density at radius 3 is 2.55 bits per heavy atom. The summed E-state index contributed by atoms with van der Waals surface area (Å²) in [5.41, 5.74) is -1.36. The van der Waals surface area contributed by atoms with Crippen molar-refractivity contribution in [2.45, 2.75) is 44.7 Å². The Morgan fingerprint density at radius 1 is 1.18 bits per heavy atom. The van der Waals surface area contributed by atoms with E-state index in [4.69, 9.17) is 8.94 Å². The van der Waals surface area contributed by atoms with Crippen LogP contribution in [0.25, 0.3) is 16.8 Å². The van der Waals surface area contributed by atoms with E-state index >= 15 is 0 Å². The first-order chi connectivity index (χ1) is 15.7. The van der Waals surface area contributed by atoms with Crippen LogP contribution in [0.4, 0.5) is 13.2 Å². The Balaban J connectivity index is 1.47. The molecule has 1 aliphatic rings. The lowest BCUT2D eigenvalue weighted by Gasteiger charge is -2.24. The maximum absolute atomic E-state index is 13.8. The molecule has 0 saturated heterocycles. The molecule has 0 radical (unpaired) electrons. The summed E-state index contributed by atoms with van der Waals surface area (Å²) in [7, 11) is 0. The number of carbonyl (C=O) groups excluding carboxylic acids is 1. The number of fused-ring (bicyclic) bond motifs is 1. The van der Waals surface area contributed by atoms with Gasteiger partial charge in [0.1, 0.15) is 0 Å². The molecule has 0 amide bonds. The van der Waals surface area contributed by atoms with E-state index in [1.807, 2.05) is 0 Å². The molecule has 4 heterocycles. The van der Waals surface area contributed by atoms with E-state index in [2.05, 4.69) is 15.1 Å². The number of aryl methyl sites for hydroxylation is 1. The lowest BCUT2D eigenvalue weighted by Crippen LogP contribution is -2.22. The molecule has 0 unspecified atom stereocenters. The van der Waals surface area contributed by atoms with E-state index < -0.39 is 35.0 Å². The zero-order valence-corrected chi connectivity index (χ0v) is 17.5. The monoisotopic (exact) mass is 460 g/mol. The molecule has 4 aromatic rings. The molecule has 33 heavy (non-hydrogen) atoms. The minimum atomic E-state index is -4.74. The van der Waals surface area contributed by atoms with E-state index in [9.17, 15) is 23.1 Å². The third-order valence-corrected chi connectivity index (χ3v) is 6.08. The van der Waals surface area contributed by atoms with Gasteiger partial charge in [0, 0.05) is 29.2 Å². The topological polar surface area (TPSA) is 107 Å². The minimum absolute atomic E-state index is 0.0271. The van der Waals surface area contributed by atoms with Gasteiger partial charge in [0.05, 0.1) is 18.1 Å². The number of Topliss-reactive ketones (excluding diaryl/α,β-unsaturated/α-hetero) is 1. The van der Waals surface area contributed by atoms with Gasteiger partial charge in [-0.1, -0.05) is 5.16 Å². The van der Waals surface area contributed by atoms with Gasteiger partial charge in [-0.05, 0) is 44.7 Å². The molecule has 0 atom stereocenters. The standard InChI is InChI=1S/C22H19F3N4O4/c1-11-26-20(33-28-11)13-4-2-12(3-5-13)18(30)17-21(31)29-9-15(14-6-7-32-10-14)8-16(19(29)27-17)22(23,24)25/h6-10,12-13,31H,2-5H2,1H3. The van der Waals surface area contributed by atoms with Crippen molar-refractivity contribution in [2.24, 2.45) is 5.92 Å². The van der Waals surface area contributed by atoms with Crippen LogP contribution in [-0.2, 0) is 6.18 Å². The van der Waals surface area contributed by atoms with Crippen molar-refractivity contribution < 1.29 is 32.0 Å². The van der Waals surface area contributed by atoms with Crippen LogP contribution in [0.1, 0.15) is 59.4 Å². The summed E-state index contributed by atoms with van der Waals surface area (Å²) in [5.74, 6) is -0.471. The summed E-state index contributed by atoms with van der Waals surface area (Å²) in [6.07, 6.45) is 1.39. The second-order valence-electron chi connectivity index (χ2n) is 8.22. The molecule has 1 aliphatic carbocycles. The second kappa shape index (κ2) is 7.75. The van der Waals surface area contributed by atoms with Crippen LogP contribution in [0, 0.1) is 12.8 Å². The van der Waals surface area contributed by atoms with Gasteiger partial charge in [0.25, 0.3) is 0 Å². The summed E-state index contributed by atoms with van der Waals surface area (Å²) >= 11 is 0. The van der Waals surface area contributed by atoms with Crippen LogP contribution in [0.2, 0.25) is 0 Å². The summed E-state index contributed by atoms with van der Waals surface area (Å²) in [4.78, 5) is 21.3. The molecular weight excluding hydrogens is 441 g/mol. The average molecular weight is 460 g/mol. The number of ketones is 1. The molecule has 11 heteroatoms. The highest BCUT2D eigenvalue weighted by Gasteiger charge is 2.38.